The van der Waals surface area contributed by atoms with E-state index in [0.717, 1.165) is 12.1 Å². The first-order valence-corrected chi connectivity index (χ1v) is 6.38. The van der Waals surface area contributed by atoms with Crippen molar-refractivity contribution in [2.24, 2.45) is 0 Å². The molecule has 1 aromatic rings. The zero-order valence-electron chi connectivity index (χ0n) is 9.27. The first kappa shape index (κ1) is 12.8. The third-order valence-electron chi connectivity index (χ3n) is 2.50. The molecule has 1 aromatic carbocycles. The van der Waals surface area contributed by atoms with Gasteiger partial charge >= 0.3 is 5.97 Å². The Labute approximate surface area is 107 Å². The maximum atomic E-state index is 13.0. The number of carbonyl (C=O) groups is 2. The number of rotatable bonds is 3. The molecule has 0 bridgehead atoms. The average molecular weight is 270 g/mol. The summed E-state index contributed by atoms with van der Waals surface area (Å²) >= 11 is 1.59. The van der Waals surface area contributed by atoms with Crippen molar-refractivity contribution < 1.29 is 19.1 Å². The number of anilines is 1. The minimum atomic E-state index is -1.28. The van der Waals surface area contributed by atoms with E-state index in [-0.39, 0.29) is 23.2 Å². The van der Waals surface area contributed by atoms with Crippen LogP contribution in [0.15, 0.2) is 18.2 Å². The molecule has 18 heavy (non-hydrogen) atoms. The van der Waals surface area contributed by atoms with E-state index in [1.54, 1.807) is 11.8 Å². The molecule has 2 rings (SSSR count). The fraction of sp³-hybridized carbons (Fsp3) is 0.273. The monoisotopic (exact) mass is 270 g/mol. The number of carbonyl (C=O) groups excluding carboxylic acids is 1. The fourth-order valence-electron chi connectivity index (χ4n) is 1.59. The van der Waals surface area contributed by atoms with Crippen molar-refractivity contribution in [1.82, 2.24) is 5.32 Å². The topological polar surface area (TPSA) is 78.4 Å². The van der Waals surface area contributed by atoms with E-state index in [9.17, 15) is 14.0 Å². The van der Waals surface area contributed by atoms with Crippen LogP contribution in [0.1, 0.15) is 10.4 Å². The number of thioether (sulfide) groups is 1. The molecule has 0 aliphatic carbocycles. The molecule has 3 N–H and O–H groups in total. The quantitative estimate of drug-likeness (QED) is 0.767. The Hall–Kier alpha value is -1.60. The van der Waals surface area contributed by atoms with Crippen LogP contribution >= 0.6 is 11.8 Å². The third-order valence-corrected chi connectivity index (χ3v) is 3.44. The Morgan fingerprint density at radius 3 is 2.89 bits per heavy atom. The molecule has 0 aromatic heterocycles. The Kier molecular flexibility index (Phi) is 3.83. The lowest BCUT2D eigenvalue weighted by molar-refractivity contribution is -0.117. The molecular formula is C11H11FN2O3S. The summed E-state index contributed by atoms with van der Waals surface area (Å²) in [5.41, 5.74) is -0.151. The molecule has 1 heterocycles. The Morgan fingerprint density at radius 2 is 2.28 bits per heavy atom. The molecule has 1 saturated heterocycles. The third kappa shape index (κ3) is 2.80. The molecule has 1 atom stereocenters. The lowest BCUT2D eigenvalue weighted by atomic mass is 10.1. The van der Waals surface area contributed by atoms with Crippen molar-refractivity contribution in [3.63, 3.8) is 0 Å². The van der Waals surface area contributed by atoms with Gasteiger partial charge in [0.25, 0.3) is 0 Å². The Bertz CT molecular complexity index is 489. The predicted molar refractivity (Wildman–Crippen MR) is 66.2 cm³/mol. The van der Waals surface area contributed by atoms with Crippen LogP contribution in [0.2, 0.25) is 0 Å². The van der Waals surface area contributed by atoms with E-state index in [1.807, 2.05) is 0 Å². The zero-order chi connectivity index (χ0) is 13.1. The van der Waals surface area contributed by atoms with Gasteiger partial charge in [0.1, 0.15) is 5.82 Å². The minimum absolute atomic E-state index is 0.104. The van der Waals surface area contributed by atoms with Crippen molar-refractivity contribution in [1.29, 1.82) is 0 Å². The summed E-state index contributed by atoms with van der Waals surface area (Å²) in [6.45, 7) is 0. The first-order chi connectivity index (χ1) is 8.58. The van der Waals surface area contributed by atoms with E-state index in [4.69, 9.17) is 5.11 Å². The lowest BCUT2D eigenvalue weighted by Gasteiger charge is -2.12. The van der Waals surface area contributed by atoms with E-state index < -0.39 is 11.8 Å². The summed E-state index contributed by atoms with van der Waals surface area (Å²) < 4.78 is 13.0. The molecule has 5 nitrogen and oxygen atoms in total. The molecule has 0 saturated carbocycles. The summed E-state index contributed by atoms with van der Waals surface area (Å²) in [6.07, 6.45) is 0. The second kappa shape index (κ2) is 5.36. The van der Waals surface area contributed by atoms with Gasteiger partial charge in [-0.25, -0.2) is 9.18 Å². The molecule has 0 radical (unpaired) electrons. The highest BCUT2D eigenvalue weighted by atomic mass is 32.2. The largest absolute Gasteiger partial charge is 0.478 e. The lowest BCUT2D eigenvalue weighted by Crippen LogP contribution is -2.37. The van der Waals surface area contributed by atoms with Crippen molar-refractivity contribution in [3.05, 3.63) is 29.6 Å². The van der Waals surface area contributed by atoms with Gasteiger partial charge in [-0.3, -0.25) is 10.1 Å². The van der Waals surface area contributed by atoms with Crippen LogP contribution in [-0.4, -0.2) is 34.7 Å². The number of aromatic carboxylic acids is 1. The molecule has 1 unspecified atom stereocenters. The number of hydrogen-bond acceptors (Lipinski definition) is 4. The Balaban J connectivity index is 2.17. The van der Waals surface area contributed by atoms with Crippen molar-refractivity contribution >= 4 is 29.3 Å². The summed E-state index contributed by atoms with van der Waals surface area (Å²) in [5, 5.41) is 14.4. The van der Waals surface area contributed by atoms with Gasteiger partial charge in [0, 0.05) is 11.6 Å². The number of benzene rings is 1. The van der Waals surface area contributed by atoms with Crippen LogP contribution in [0, 0.1) is 5.82 Å². The summed E-state index contributed by atoms with van der Waals surface area (Å²) in [4.78, 5) is 22.7. The SMILES string of the molecule is O=C(O)c1cc(F)ccc1NC(=O)C1CSCN1. The van der Waals surface area contributed by atoms with Crippen molar-refractivity contribution in [2.45, 2.75) is 6.04 Å². The van der Waals surface area contributed by atoms with Gasteiger partial charge in [-0.15, -0.1) is 11.8 Å². The maximum Gasteiger partial charge on any atom is 0.337 e. The van der Waals surface area contributed by atoms with Crippen LogP contribution in [0.3, 0.4) is 0 Å². The minimum Gasteiger partial charge on any atom is -0.478 e. The van der Waals surface area contributed by atoms with Crippen molar-refractivity contribution in [3.8, 4) is 0 Å². The summed E-state index contributed by atoms with van der Waals surface area (Å²) in [6, 6.07) is 2.90. The average Bonchev–Trinajstić information content (AvgIpc) is 2.84. The van der Waals surface area contributed by atoms with Gasteiger partial charge in [0.15, 0.2) is 0 Å². The van der Waals surface area contributed by atoms with Gasteiger partial charge < -0.3 is 10.4 Å². The molecule has 1 fully saturated rings. The predicted octanol–water partition coefficient (Wildman–Crippen LogP) is 1.12. The zero-order valence-corrected chi connectivity index (χ0v) is 10.1. The highest BCUT2D eigenvalue weighted by molar-refractivity contribution is 7.99. The second-order valence-electron chi connectivity index (χ2n) is 3.76. The van der Waals surface area contributed by atoms with Crippen LogP contribution in [0.4, 0.5) is 10.1 Å². The molecule has 96 valence electrons. The van der Waals surface area contributed by atoms with Crippen LogP contribution in [-0.2, 0) is 4.79 Å². The number of nitrogens with one attached hydrogen (secondary N) is 2. The maximum absolute atomic E-state index is 13.0. The van der Waals surface area contributed by atoms with Gasteiger partial charge in [0.2, 0.25) is 5.91 Å². The fourth-order valence-corrected chi connectivity index (χ4v) is 2.53. The smallest absolute Gasteiger partial charge is 0.337 e. The normalized spacial score (nSPS) is 18.6. The van der Waals surface area contributed by atoms with E-state index in [0.29, 0.717) is 11.6 Å². The molecule has 1 aliphatic heterocycles. The number of amides is 1. The molecule has 1 amide bonds. The highest BCUT2D eigenvalue weighted by Gasteiger charge is 2.23. The molecule has 1 aliphatic rings. The van der Waals surface area contributed by atoms with Gasteiger partial charge in [-0.2, -0.15) is 0 Å². The van der Waals surface area contributed by atoms with Crippen molar-refractivity contribution in [2.75, 3.05) is 16.9 Å². The highest BCUT2D eigenvalue weighted by Crippen LogP contribution is 2.18. The number of carboxylic acids is 1. The Morgan fingerprint density at radius 1 is 1.50 bits per heavy atom. The second-order valence-corrected chi connectivity index (χ2v) is 4.79. The van der Waals surface area contributed by atoms with Gasteiger partial charge in [-0.05, 0) is 18.2 Å². The van der Waals surface area contributed by atoms with Gasteiger partial charge in [-0.1, -0.05) is 0 Å². The van der Waals surface area contributed by atoms with E-state index in [2.05, 4.69) is 10.6 Å². The molecule has 0 spiro atoms. The first-order valence-electron chi connectivity index (χ1n) is 5.23. The van der Waals surface area contributed by atoms with E-state index in [1.165, 1.54) is 6.07 Å². The number of carboxylic acid groups (broad SMARTS) is 1. The number of hydrogen-bond donors (Lipinski definition) is 3. The standard InChI is InChI=1S/C11H11FN2O3S/c12-6-1-2-8(7(3-6)11(16)17)14-10(15)9-4-18-5-13-9/h1-3,9,13H,4-5H2,(H,14,15)(H,16,17). The molecule has 7 heteroatoms. The van der Waals surface area contributed by atoms with E-state index >= 15 is 0 Å². The molecular weight excluding hydrogens is 259 g/mol. The van der Waals surface area contributed by atoms with Crippen LogP contribution in [0.5, 0.6) is 0 Å². The number of halogens is 1. The van der Waals surface area contributed by atoms with Gasteiger partial charge in [0.05, 0.1) is 17.3 Å². The summed E-state index contributed by atoms with van der Waals surface area (Å²) in [5.74, 6) is -0.921. The van der Waals surface area contributed by atoms with Crippen LogP contribution in [0.25, 0.3) is 0 Å². The summed E-state index contributed by atoms with van der Waals surface area (Å²) in [7, 11) is 0. The van der Waals surface area contributed by atoms with Crippen LogP contribution < -0.4 is 10.6 Å².